The molecule has 2 aromatic carbocycles. The molecular formula is C26H31ClNO3P. The average Bonchev–Trinajstić information content (AvgIpc) is 3.05. The molecule has 3 aromatic rings. The number of aldehydes is 1. The Bertz CT molecular complexity index is 1170. The first kappa shape index (κ1) is 23.3. The summed E-state index contributed by atoms with van der Waals surface area (Å²) in [6, 6.07) is 14.8. The van der Waals surface area contributed by atoms with Crippen molar-refractivity contribution in [2.24, 2.45) is 24.8 Å². The third kappa shape index (κ3) is 4.09. The van der Waals surface area contributed by atoms with Crippen molar-refractivity contribution in [1.82, 2.24) is 4.57 Å². The lowest BCUT2D eigenvalue weighted by Gasteiger charge is -2.39. The molecule has 32 heavy (non-hydrogen) atoms. The molecule has 0 N–H and O–H groups in total. The van der Waals surface area contributed by atoms with Crippen LogP contribution in [0.2, 0.25) is 5.02 Å². The van der Waals surface area contributed by atoms with Crippen molar-refractivity contribution in [3.8, 4) is 0 Å². The van der Waals surface area contributed by atoms with E-state index in [0.717, 1.165) is 31.1 Å². The predicted octanol–water partition coefficient (Wildman–Crippen LogP) is 6.35. The summed E-state index contributed by atoms with van der Waals surface area (Å²) in [7, 11) is -1.79. The van der Waals surface area contributed by atoms with Gasteiger partial charge in [-0.15, -0.1) is 0 Å². The first-order valence-electron chi connectivity index (χ1n) is 11.3. The molecule has 0 saturated heterocycles. The van der Waals surface area contributed by atoms with Gasteiger partial charge >= 0.3 is 0 Å². The van der Waals surface area contributed by atoms with Gasteiger partial charge in [0.05, 0.1) is 17.1 Å². The van der Waals surface area contributed by atoms with Gasteiger partial charge in [-0.3, -0.25) is 9.36 Å². The summed E-state index contributed by atoms with van der Waals surface area (Å²) < 4.78 is 23.6. The molecule has 1 aromatic heterocycles. The van der Waals surface area contributed by atoms with Crippen molar-refractivity contribution < 1.29 is 13.9 Å². The number of carbonyl (C=O) groups excluding carboxylic acids is 1. The summed E-state index contributed by atoms with van der Waals surface area (Å²) in [6.07, 6.45) is 3.72. The second-order valence-corrected chi connectivity index (χ2v) is 12.1. The van der Waals surface area contributed by atoms with Crippen molar-refractivity contribution in [1.29, 1.82) is 0 Å². The fraction of sp³-hybridized carbons (Fsp3) is 0.423. The Morgan fingerprint density at radius 1 is 1.16 bits per heavy atom. The number of nitrogens with zero attached hydrogens (tertiary/aromatic N) is 1. The van der Waals surface area contributed by atoms with Gasteiger partial charge in [-0.2, -0.15) is 0 Å². The molecular weight excluding hydrogens is 441 g/mol. The van der Waals surface area contributed by atoms with Crippen molar-refractivity contribution in [2.75, 3.05) is 0 Å². The van der Waals surface area contributed by atoms with Crippen LogP contribution in [0.25, 0.3) is 10.9 Å². The third-order valence-electron chi connectivity index (χ3n) is 6.93. The number of rotatable bonds is 6. The molecule has 1 fully saturated rings. The lowest BCUT2D eigenvalue weighted by molar-refractivity contribution is 0.0514. The van der Waals surface area contributed by atoms with Crippen LogP contribution >= 0.6 is 19.0 Å². The zero-order valence-corrected chi connectivity index (χ0v) is 20.8. The fourth-order valence-electron chi connectivity index (χ4n) is 5.15. The molecule has 0 spiro atoms. The number of benzene rings is 2. The monoisotopic (exact) mass is 471 g/mol. The van der Waals surface area contributed by atoms with Crippen LogP contribution in [0, 0.1) is 17.8 Å². The highest BCUT2D eigenvalue weighted by Gasteiger charge is 2.42. The van der Waals surface area contributed by atoms with E-state index in [1.165, 1.54) is 0 Å². The Morgan fingerprint density at radius 2 is 1.88 bits per heavy atom. The van der Waals surface area contributed by atoms with Crippen molar-refractivity contribution in [3.63, 3.8) is 0 Å². The van der Waals surface area contributed by atoms with Gasteiger partial charge in [0.2, 0.25) is 0 Å². The summed E-state index contributed by atoms with van der Waals surface area (Å²) in [5.41, 5.74) is 1.18. The Kier molecular flexibility index (Phi) is 6.68. The molecule has 1 aliphatic carbocycles. The van der Waals surface area contributed by atoms with Gasteiger partial charge in [0.1, 0.15) is 0 Å². The van der Waals surface area contributed by atoms with Crippen LogP contribution in [0.15, 0.2) is 48.5 Å². The quantitative estimate of drug-likeness (QED) is 0.311. The zero-order chi connectivity index (χ0) is 23.0. The minimum Gasteiger partial charge on any atom is -0.341 e. The molecule has 1 heterocycles. The summed E-state index contributed by atoms with van der Waals surface area (Å²) >= 11 is 6.34. The van der Waals surface area contributed by atoms with E-state index in [0.29, 0.717) is 44.5 Å². The van der Waals surface area contributed by atoms with E-state index in [9.17, 15) is 4.79 Å². The first-order chi connectivity index (χ1) is 15.3. The highest BCUT2D eigenvalue weighted by Crippen LogP contribution is 2.52. The van der Waals surface area contributed by atoms with Gasteiger partial charge in [0.25, 0.3) is 7.37 Å². The number of fused-ring (bicyclic) bond motifs is 1. The maximum atomic E-state index is 15.0. The maximum Gasteiger partial charge on any atom is 0.264 e. The maximum absolute atomic E-state index is 15.0. The lowest BCUT2D eigenvalue weighted by atomic mass is 9.75. The van der Waals surface area contributed by atoms with Crippen molar-refractivity contribution in [3.05, 3.63) is 59.2 Å². The zero-order valence-electron chi connectivity index (χ0n) is 19.1. The van der Waals surface area contributed by atoms with Gasteiger partial charge in [-0.1, -0.05) is 57.0 Å². The van der Waals surface area contributed by atoms with Crippen LogP contribution in [0.1, 0.15) is 50.5 Å². The molecule has 4 nitrogen and oxygen atoms in total. The van der Waals surface area contributed by atoms with Crippen LogP contribution in [-0.4, -0.2) is 17.0 Å². The molecule has 0 aliphatic heterocycles. The Morgan fingerprint density at radius 3 is 2.53 bits per heavy atom. The lowest BCUT2D eigenvalue weighted by Crippen LogP contribution is -2.36. The molecule has 0 bridgehead atoms. The standard InChI is InChI=1S/C26H31ClNO3P/c1-17(2)21-12-10-18(3)14-25(21)31-32(30,20-8-6-5-7-9-20)26-22-15-19(27)11-13-23(22)28(4)24(26)16-29/h5-9,11,13,15-18,21,25H,10,12,14H2,1-4H3/t18-,21-,25+,32?/m0/s1. The van der Waals surface area contributed by atoms with Gasteiger partial charge < -0.3 is 9.09 Å². The highest BCUT2D eigenvalue weighted by molar-refractivity contribution is 7.75. The van der Waals surface area contributed by atoms with Crippen molar-refractivity contribution >= 4 is 46.8 Å². The van der Waals surface area contributed by atoms with Crippen LogP contribution in [0.4, 0.5) is 0 Å². The second kappa shape index (κ2) is 9.17. The Hall–Kier alpha value is -1.87. The van der Waals surface area contributed by atoms with E-state index in [-0.39, 0.29) is 6.10 Å². The molecule has 1 unspecified atom stereocenters. The fourth-order valence-corrected chi connectivity index (χ4v) is 8.00. The first-order valence-corrected chi connectivity index (χ1v) is 13.3. The SMILES string of the molecule is CC(C)[C@@H]1CC[C@H](C)C[C@H]1OP(=O)(c1ccccc1)c1c(C=O)n(C)c2ccc(Cl)cc12. The van der Waals surface area contributed by atoms with E-state index in [4.69, 9.17) is 16.1 Å². The highest BCUT2D eigenvalue weighted by atomic mass is 35.5. The van der Waals surface area contributed by atoms with E-state index >= 15 is 4.57 Å². The van der Waals surface area contributed by atoms with E-state index in [1.54, 1.807) is 16.7 Å². The van der Waals surface area contributed by atoms with Crippen LogP contribution < -0.4 is 10.6 Å². The normalized spacial score (nSPS) is 23.4. The summed E-state index contributed by atoms with van der Waals surface area (Å²) in [5.74, 6) is 1.25. The Labute approximate surface area is 195 Å². The smallest absolute Gasteiger partial charge is 0.264 e. The average molecular weight is 472 g/mol. The number of halogens is 1. The third-order valence-corrected chi connectivity index (χ3v) is 9.77. The van der Waals surface area contributed by atoms with Crippen LogP contribution in [0.3, 0.4) is 0 Å². The number of hydrogen-bond acceptors (Lipinski definition) is 3. The minimum absolute atomic E-state index is 0.140. The molecule has 0 amide bonds. The molecule has 6 heteroatoms. The topological polar surface area (TPSA) is 48.3 Å². The summed E-state index contributed by atoms with van der Waals surface area (Å²) in [5, 5.41) is 2.31. The molecule has 1 saturated carbocycles. The number of carbonyl (C=O) groups is 1. The Balaban J connectivity index is 1.96. The molecule has 4 atom stereocenters. The van der Waals surface area contributed by atoms with Gasteiger partial charge in [0, 0.05) is 28.3 Å². The summed E-state index contributed by atoms with van der Waals surface area (Å²) in [6.45, 7) is 6.65. The minimum atomic E-state index is -3.61. The largest absolute Gasteiger partial charge is 0.341 e. The molecule has 170 valence electrons. The van der Waals surface area contributed by atoms with Gasteiger partial charge in [-0.05, 0) is 60.9 Å². The van der Waals surface area contributed by atoms with Crippen LogP contribution in [-0.2, 0) is 16.1 Å². The van der Waals surface area contributed by atoms with Crippen LogP contribution in [0.5, 0.6) is 0 Å². The number of aromatic nitrogens is 1. The summed E-state index contributed by atoms with van der Waals surface area (Å²) in [4.78, 5) is 12.3. The van der Waals surface area contributed by atoms with Gasteiger partial charge in [-0.25, -0.2) is 0 Å². The van der Waals surface area contributed by atoms with Gasteiger partial charge in [0.15, 0.2) is 6.29 Å². The predicted molar refractivity (Wildman–Crippen MR) is 133 cm³/mol. The van der Waals surface area contributed by atoms with E-state index in [2.05, 4.69) is 20.8 Å². The molecule has 4 rings (SSSR count). The molecule has 1 aliphatic rings. The van der Waals surface area contributed by atoms with E-state index in [1.807, 2.05) is 43.4 Å². The second-order valence-electron chi connectivity index (χ2n) is 9.43. The number of aryl methyl sites for hydroxylation is 1. The number of hydrogen-bond donors (Lipinski definition) is 0. The van der Waals surface area contributed by atoms with E-state index < -0.39 is 7.37 Å². The molecule has 0 radical (unpaired) electrons. The van der Waals surface area contributed by atoms with Crippen molar-refractivity contribution in [2.45, 2.75) is 46.1 Å².